The molecule has 3 heteroatoms. The highest BCUT2D eigenvalue weighted by atomic mass is 16.5. The maximum Gasteiger partial charge on any atom is 0.338 e. The zero-order chi connectivity index (χ0) is 16.2. The van der Waals surface area contributed by atoms with Crippen molar-refractivity contribution in [1.29, 1.82) is 0 Å². The molecule has 0 saturated heterocycles. The number of carbonyl (C=O) groups is 1. The van der Waals surface area contributed by atoms with Crippen LogP contribution in [0.15, 0.2) is 41.7 Å². The van der Waals surface area contributed by atoms with E-state index in [-0.39, 0.29) is 23.9 Å². The molecule has 1 aliphatic carbocycles. The number of rotatable bonds is 3. The number of carbonyl (C=O) groups excluding carboxylic acids is 1. The summed E-state index contributed by atoms with van der Waals surface area (Å²) < 4.78 is 5.76. The Morgan fingerprint density at radius 2 is 1.83 bits per heavy atom. The molecule has 23 heavy (non-hydrogen) atoms. The summed E-state index contributed by atoms with van der Waals surface area (Å²) in [7, 11) is 0. The van der Waals surface area contributed by atoms with E-state index in [2.05, 4.69) is 6.92 Å². The van der Waals surface area contributed by atoms with Crippen molar-refractivity contribution in [2.45, 2.75) is 63.9 Å². The third kappa shape index (κ3) is 3.29. The molecule has 0 amide bonds. The first-order valence-electron chi connectivity index (χ1n) is 8.91. The van der Waals surface area contributed by atoms with Crippen LogP contribution in [0.3, 0.4) is 0 Å². The molecule has 0 spiro atoms. The van der Waals surface area contributed by atoms with Gasteiger partial charge in [0.2, 0.25) is 0 Å². The Morgan fingerprint density at radius 3 is 2.52 bits per heavy atom. The largest absolute Gasteiger partial charge is 0.511 e. The molecule has 3 unspecified atom stereocenters. The molecule has 1 N–H and O–H groups in total. The molecular formula is C20H26O3. The van der Waals surface area contributed by atoms with Crippen LogP contribution >= 0.6 is 0 Å². The highest BCUT2D eigenvalue weighted by Crippen LogP contribution is 2.40. The van der Waals surface area contributed by atoms with Gasteiger partial charge in [0.05, 0.1) is 11.5 Å². The van der Waals surface area contributed by atoms with Crippen molar-refractivity contribution in [2.75, 3.05) is 0 Å². The van der Waals surface area contributed by atoms with Gasteiger partial charge in [0.15, 0.2) is 0 Å². The fourth-order valence-electron chi connectivity index (χ4n) is 4.02. The van der Waals surface area contributed by atoms with Crippen molar-refractivity contribution in [3.05, 3.63) is 47.2 Å². The lowest BCUT2D eigenvalue weighted by Crippen LogP contribution is -2.37. The molecule has 1 fully saturated rings. The Balaban J connectivity index is 1.96. The molecule has 0 aromatic heterocycles. The lowest BCUT2D eigenvalue weighted by atomic mass is 9.79. The number of hydrogen-bond donors (Lipinski definition) is 1. The van der Waals surface area contributed by atoms with Crippen molar-refractivity contribution in [3.63, 3.8) is 0 Å². The van der Waals surface area contributed by atoms with Gasteiger partial charge >= 0.3 is 5.97 Å². The number of aliphatic hydroxyl groups is 1. The van der Waals surface area contributed by atoms with E-state index < -0.39 is 0 Å². The van der Waals surface area contributed by atoms with E-state index in [0.29, 0.717) is 11.3 Å². The SMILES string of the molecule is CCC(C1=C(O)C2CCCCCCC2OC1=O)c1ccccc1. The molecule has 3 rings (SSSR count). The van der Waals surface area contributed by atoms with Crippen LogP contribution in [0.25, 0.3) is 0 Å². The Hall–Kier alpha value is -1.77. The Bertz CT molecular complexity index is 576. The maximum atomic E-state index is 12.6. The summed E-state index contributed by atoms with van der Waals surface area (Å²) in [6.07, 6.45) is 6.99. The van der Waals surface area contributed by atoms with E-state index >= 15 is 0 Å². The second kappa shape index (κ2) is 7.20. The van der Waals surface area contributed by atoms with E-state index in [1.807, 2.05) is 30.3 Å². The van der Waals surface area contributed by atoms with Crippen molar-refractivity contribution in [2.24, 2.45) is 5.92 Å². The number of fused-ring (bicyclic) bond motifs is 1. The topological polar surface area (TPSA) is 46.5 Å². The summed E-state index contributed by atoms with van der Waals surface area (Å²) in [6.45, 7) is 2.05. The number of aliphatic hydroxyl groups excluding tert-OH is 1. The van der Waals surface area contributed by atoms with Crippen LogP contribution in [-0.4, -0.2) is 17.2 Å². The van der Waals surface area contributed by atoms with Gasteiger partial charge in [0, 0.05) is 5.92 Å². The summed E-state index contributed by atoms with van der Waals surface area (Å²) in [5, 5.41) is 10.9. The Kier molecular flexibility index (Phi) is 5.04. The standard InChI is InChI=1S/C20H26O3/c1-2-15(14-10-6-5-7-11-14)18-19(21)16-12-8-3-4-9-13-17(16)23-20(18)22/h5-7,10-11,15-17,21H,2-4,8-9,12-13H2,1H3. The van der Waals surface area contributed by atoms with Crippen molar-refractivity contribution in [3.8, 4) is 0 Å². The number of hydrogen-bond acceptors (Lipinski definition) is 3. The predicted molar refractivity (Wildman–Crippen MR) is 90.2 cm³/mol. The molecule has 1 aromatic carbocycles. The van der Waals surface area contributed by atoms with Gasteiger partial charge in [-0.2, -0.15) is 0 Å². The number of esters is 1. The predicted octanol–water partition coefficient (Wildman–Crippen LogP) is 4.89. The molecule has 1 saturated carbocycles. The third-order valence-electron chi connectivity index (χ3n) is 5.27. The first-order chi connectivity index (χ1) is 11.2. The van der Waals surface area contributed by atoms with Crippen LogP contribution in [-0.2, 0) is 9.53 Å². The molecular weight excluding hydrogens is 288 g/mol. The van der Waals surface area contributed by atoms with E-state index in [4.69, 9.17) is 4.74 Å². The Morgan fingerprint density at radius 1 is 1.13 bits per heavy atom. The highest BCUT2D eigenvalue weighted by molar-refractivity contribution is 5.92. The van der Waals surface area contributed by atoms with E-state index in [1.54, 1.807) is 0 Å². The normalized spacial score (nSPS) is 26.7. The van der Waals surface area contributed by atoms with Crippen molar-refractivity contribution >= 4 is 5.97 Å². The monoisotopic (exact) mass is 314 g/mol. The average Bonchev–Trinajstić information content (AvgIpc) is 2.54. The first kappa shape index (κ1) is 16.1. The second-order valence-electron chi connectivity index (χ2n) is 6.71. The van der Waals surface area contributed by atoms with Crippen LogP contribution in [0.2, 0.25) is 0 Å². The lowest BCUT2D eigenvalue weighted by molar-refractivity contribution is -0.151. The maximum absolute atomic E-state index is 12.6. The molecule has 2 aliphatic rings. The molecule has 1 aliphatic heterocycles. The fourth-order valence-corrected chi connectivity index (χ4v) is 4.02. The van der Waals surface area contributed by atoms with E-state index in [9.17, 15) is 9.90 Å². The van der Waals surface area contributed by atoms with Gasteiger partial charge in [-0.1, -0.05) is 56.5 Å². The molecule has 3 nitrogen and oxygen atoms in total. The quantitative estimate of drug-likeness (QED) is 0.808. The second-order valence-corrected chi connectivity index (χ2v) is 6.71. The summed E-state index contributed by atoms with van der Waals surface area (Å²) in [5.41, 5.74) is 1.55. The molecule has 0 bridgehead atoms. The summed E-state index contributed by atoms with van der Waals surface area (Å²) >= 11 is 0. The molecule has 1 aromatic rings. The Labute approximate surface area is 138 Å². The first-order valence-corrected chi connectivity index (χ1v) is 8.91. The molecule has 124 valence electrons. The minimum atomic E-state index is -0.319. The summed E-state index contributed by atoms with van der Waals surface area (Å²) in [6, 6.07) is 9.96. The van der Waals surface area contributed by atoms with Crippen LogP contribution in [0.5, 0.6) is 0 Å². The van der Waals surface area contributed by atoms with E-state index in [0.717, 1.165) is 37.7 Å². The van der Waals surface area contributed by atoms with Gasteiger partial charge in [-0.3, -0.25) is 0 Å². The van der Waals surface area contributed by atoms with Gasteiger partial charge in [-0.15, -0.1) is 0 Å². The molecule has 3 atom stereocenters. The van der Waals surface area contributed by atoms with E-state index in [1.165, 1.54) is 12.8 Å². The molecule has 0 radical (unpaired) electrons. The lowest BCUT2D eigenvalue weighted by Gasteiger charge is -2.35. The zero-order valence-electron chi connectivity index (χ0n) is 13.8. The fraction of sp³-hybridized carbons (Fsp3) is 0.550. The molecule has 1 heterocycles. The highest BCUT2D eigenvalue weighted by Gasteiger charge is 2.40. The third-order valence-corrected chi connectivity index (χ3v) is 5.27. The average molecular weight is 314 g/mol. The number of ether oxygens (including phenoxy) is 1. The van der Waals surface area contributed by atoms with Gasteiger partial charge < -0.3 is 9.84 Å². The smallest absolute Gasteiger partial charge is 0.338 e. The number of benzene rings is 1. The zero-order valence-corrected chi connectivity index (χ0v) is 13.8. The van der Waals surface area contributed by atoms with Crippen molar-refractivity contribution in [1.82, 2.24) is 0 Å². The van der Waals surface area contributed by atoms with Gasteiger partial charge in [0.1, 0.15) is 11.9 Å². The van der Waals surface area contributed by atoms with Crippen LogP contribution < -0.4 is 0 Å². The summed E-state index contributed by atoms with van der Waals surface area (Å²) in [5.74, 6) is -0.125. The van der Waals surface area contributed by atoms with Crippen LogP contribution in [0, 0.1) is 5.92 Å². The van der Waals surface area contributed by atoms with Gasteiger partial charge in [-0.05, 0) is 31.2 Å². The minimum absolute atomic E-state index is 0.0132. The summed E-state index contributed by atoms with van der Waals surface area (Å²) in [4.78, 5) is 12.6. The van der Waals surface area contributed by atoms with Gasteiger partial charge in [0.25, 0.3) is 0 Å². The van der Waals surface area contributed by atoms with Crippen LogP contribution in [0.4, 0.5) is 0 Å². The van der Waals surface area contributed by atoms with Gasteiger partial charge in [-0.25, -0.2) is 4.79 Å². The van der Waals surface area contributed by atoms with Crippen LogP contribution in [0.1, 0.15) is 63.4 Å². The minimum Gasteiger partial charge on any atom is -0.511 e. The van der Waals surface area contributed by atoms with Crippen molar-refractivity contribution < 1.29 is 14.6 Å².